The lowest BCUT2D eigenvalue weighted by Gasteiger charge is -2.09. The Bertz CT molecular complexity index is 328. The molecule has 0 radical (unpaired) electrons. The van der Waals surface area contributed by atoms with E-state index in [2.05, 4.69) is 18.8 Å². The molecule has 2 N–H and O–H groups in total. The van der Waals surface area contributed by atoms with Gasteiger partial charge in [-0.1, -0.05) is 83.5 Å². The van der Waals surface area contributed by atoms with Gasteiger partial charge in [0.2, 0.25) is 0 Å². The van der Waals surface area contributed by atoms with Crippen LogP contribution < -0.4 is 0 Å². The van der Waals surface area contributed by atoms with Gasteiger partial charge in [0.15, 0.2) is 0 Å². The van der Waals surface area contributed by atoms with Crippen molar-refractivity contribution in [2.24, 2.45) is 0 Å². The molecule has 0 aliphatic carbocycles. The van der Waals surface area contributed by atoms with Gasteiger partial charge in [-0.15, -0.1) is 0 Å². The van der Waals surface area contributed by atoms with E-state index in [0.717, 1.165) is 32.1 Å². The predicted molar refractivity (Wildman–Crippen MR) is 96.3 cm³/mol. The Morgan fingerprint density at radius 3 is 1.83 bits per heavy atom. The van der Waals surface area contributed by atoms with Crippen LogP contribution in [0.2, 0.25) is 0 Å². The van der Waals surface area contributed by atoms with E-state index >= 15 is 0 Å². The minimum absolute atomic E-state index is 0.0739. The third-order valence-corrected chi connectivity index (χ3v) is 4.18. The fraction of sp³-hybridized carbons (Fsp3) is 0.850. The van der Waals surface area contributed by atoms with Gasteiger partial charge in [-0.25, -0.2) is 4.79 Å². The average Bonchev–Trinajstić information content (AvgIpc) is 2.52. The van der Waals surface area contributed by atoms with E-state index < -0.39 is 5.97 Å². The molecule has 0 spiro atoms. The third kappa shape index (κ3) is 18.9. The molecular formula is C20H36O3. The highest BCUT2D eigenvalue weighted by molar-refractivity contribution is 5.86. The molecule has 0 saturated heterocycles. The standard InChI is InChI=1S/C20H36O3/c1-2-3-16-19(21)17-14-12-10-8-6-4-5-7-9-11-13-15-18-20(22)23/h19,21H,2-14,16-17H2,1H3,(H,22,23)/t19-/m1/s1. The summed E-state index contributed by atoms with van der Waals surface area (Å²) < 4.78 is 0. The zero-order chi connectivity index (χ0) is 17.2. The van der Waals surface area contributed by atoms with Crippen molar-refractivity contribution in [3.05, 3.63) is 0 Å². The van der Waals surface area contributed by atoms with Gasteiger partial charge in [-0.05, 0) is 19.3 Å². The largest absolute Gasteiger partial charge is 0.472 e. The van der Waals surface area contributed by atoms with Crippen LogP contribution in [0.4, 0.5) is 0 Å². The molecule has 0 aromatic heterocycles. The van der Waals surface area contributed by atoms with Gasteiger partial charge in [0.05, 0.1) is 6.10 Å². The lowest BCUT2D eigenvalue weighted by molar-refractivity contribution is -0.130. The molecule has 3 heteroatoms. The van der Waals surface area contributed by atoms with Crippen LogP contribution in [0.1, 0.15) is 103 Å². The van der Waals surface area contributed by atoms with Gasteiger partial charge in [0.1, 0.15) is 0 Å². The predicted octanol–water partition coefficient (Wildman–Crippen LogP) is 5.31. The molecule has 1 atom stereocenters. The number of aliphatic hydroxyl groups is 1. The van der Waals surface area contributed by atoms with Crippen molar-refractivity contribution in [3.8, 4) is 11.8 Å². The van der Waals surface area contributed by atoms with E-state index in [4.69, 9.17) is 5.11 Å². The molecule has 23 heavy (non-hydrogen) atoms. The average molecular weight is 325 g/mol. The fourth-order valence-electron chi connectivity index (χ4n) is 2.73. The summed E-state index contributed by atoms with van der Waals surface area (Å²) in [4.78, 5) is 10.2. The summed E-state index contributed by atoms with van der Waals surface area (Å²) >= 11 is 0. The third-order valence-electron chi connectivity index (χ3n) is 4.18. The Labute approximate surface area is 142 Å². The topological polar surface area (TPSA) is 57.5 Å². The lowest BCUT2D eigenvalue weighted by Crippen LogP contribution is -2.05. The molecular weight excluding hydrogens is 288 g/mol. The Kier molecular flexibility index (Phi) is 16.6. The molecule has 0 aliphatic heterocycles. The second-order valence-electron chi connectivity index (χ2n) is 6.48. The van der Waals surface area contributed by atoms with Crippen molar-refractivity contribution >= 4 is 5.97 Å². The van der Waals surface area contributed by atoms with Gasteiger partial charge in [-0.2, -0.15) is 0 Å². The van der Waals surface area contributed by atoms with Crippen molar-refractivity contribution in [2.45, 2.75) is 109 Å². The van der Waals surface area contributed by atoms with Crippen molar-refractivity contribution in [3.63, 3.8) is 0 Å². The molecule has 0 rings (SSSR count). The zero-order valence-electron chi connectivity index (χ0n) is 15.0. The lowest BCUT2D eigenvalue weighted by atomic mass is 10.0. The van der Waals surface area contributed by atoms with E-state index in [1.807, 2.05) is 0 Å². The highest BCUT2D eigenvalue weighted by Gasteiger charge is 2.02. The molecule has 0 amide bonds. The second kappa shape index (κ2) is 17.3. The smallest absolute Gasteiger partial charge is 0.381 e. The van der Waals surface area contributed by atoms with E-state index in [9.17, 15) is 9.90 Å². The van der Waals surface area contributed by atoms with Crippen LogP contribution in [-0.4, -0.2) is 22.3 Å². The summed E-state index contributed by atoms with van der Waals surface area (Å²) in [5.41, 5.74) is 0. The maximum atomic E-state index is 10.2. The van der Waals surface area contributed by atoms with Gasteiger partial charge in [0, 0.05) is 12.3 Å². The number of carboxylic acids is 1. The highest BCUT2D eigenvalue weighted by Crippen LogP contribution is 2.13. The van der Waals surface area contributed by atoms with E-state index in [-0.39, 0.29) is 6.10 Å². The zero-order valence-corrected chi connectivity index (χ0v) is 15.0. The molecule has 134 valence electrons. The first-order chi connectivity index (χ1) is 11.2. The highest BCUT2D eigenvalue weighted by atomic mass is 16.4. The number of unbranched alkanes of at least 4 members (excludes halogenated alkanes) is 11. The molecule has 0 bridgehead atoms. The number of carboxylic acid groups (broad SMARTS) is 1. The summed E-state index contributed by atoms with van der Waals surface area (Å²) in [6.45, 7) is 2.17. The van der Waals surface area contributed by atoms with Crippen LogP contribution in [0.15, 0.2) is 0 Å². The molecule has 0 aromatic rings. The number of carbonyl (C=O) groups is 1. The molecule has 0 aliphatic rings. The second-order valence-corrected chi connectivity index (χ2v) is 6.48. The first-order valence-electron chi connectivity index (χ1n) is 9.56. The van der Waals surface area contributed by atoms with Gasteiger partial charge >= 0.3 is 5.97 Å². The quantitative estimate of drug-likeness (QED) is 0.317. The molecule has 0 fully saturated rings. The Morgan fingerprint density at radius 2 is 1.30 bits per heavy atom. The Morgan fingerprint density at radius 1 is 0.826 bits per heavy atom. The van der Waals surface area contributed by atoms with Gasteiger partial charge < -0.3 is 10.2 Å². The van der Waals surface area contributed by atoms with Crippen LogP contribution in [0.5, 0.6) is 0 Å². The summed E-state index contributed by atoms with van der Waals surface area (Å²) in [5.74, 6) is 3.79. The number of aliphatic hydroxyl groups excluding tert-OH is 1. The Hall–Kier alpha value is -1.01. The molecule has 0 unspecified atom stereocenters. The Balaban J connectivity index is 3.14. The molecule has 3 nitrogen and oxygen atoms in total. The first kappa shape index (κ1) is 22.0. The fourth-order valence-corrected chi connectivity index (χ4v) is 2.73. The normalized spacial score (nSPS) is 11.7. The number of aliphatic carboxylic acids is 1. The minimum Gasteiger partial charge on any atom is -0.472 e. The van der Waals surface area contributed by atoms with E-state index in [0.29, 0.717) is 6.42 Å². The number of hydrogen-bond acceptors (Lipinski definition) is 2. The molecule has 0 aromatic carbocycles. The maximum absolute atomic E-state index is 10.2. The monoisotopic (exact) mass is 324 g/mol. The van der Waals surface area contributed by atoms with Gasteiger partial charge in [-0.3, -0.25) is 0 Å². The summed E-state index contributed by atoms with van der Waals surface area (Å²) in [5, 5.41) is 18.1. The van der Waals surface area contributed by atoms with Crippen molar-refractivity contribution in [1.29, 1.82) is 0 Å². The first-order valence-corrected chi connectivity index (χ1v) is 9.56. The van der Waals surface area contributed by atoms with Crippen molar-refractivity contribution in [2.75, 3.05) is 0 Å². The van der Waals surface area contributed by atoms with Crippen LogP contribution in [-0.2, 0) is 4.79 Å². The summed E-state index contributed by atoms with van der Waals surface area (Å²) in [7, 11) is 0. The van der Waals surface area contributed by atoms with Crippen LogP contribution >= 0.6 is 0 Å². The minimum atomic E-state index is -1.03. The van der Waals surface area contributed by atoms with Crippen LogP contribution in [0.25, 0.3) is 0 Å². The van der Waals surface area contributed by atoms with Gasteiger partial charge in [0.25, 0.3) is 0 Å². The van der Waals surface area contributed by atoms with Crippen LogP contribution in [0.3, 0.4) is 0 Å². The van der Waals surface area contributed by atoms with Crippen molar-refractivity contribution < 1.29 is 15.0 Å². The SMILES string of the molecule is CCCC[C@@H](O)CCCCCCCCCCCCC#CC(=O)O. The molecule has 0 heterocycles. The van der Waals surface area contributed by atoms with Crippen LogP contribution in [0, 0.1) is 11.8 Å². The summed E-state index contributed by atoms with van der Waals surface area (Å²) in [6, 6.07) is 0. The summed E-state index contributed by atoms with van der Waals surface area (Å²) in [6.07, 6.45) is 17.2. The number of hydrogen-bond donors (Lipinski definition) is 2. The number of rotatable bonds is 15. The molecule has 0 saturated carbocycles. The van der Waals surface area contributed by atoms with E-state index in [1.54, 1.807) is 0 Å². The van der Waals surface area contributed by atoms with E-state index in [1.165, 1.54) is 57.8 Å². The maximum Gasteiger partial charge on any atom is 0.381 e. The van der Waals surface area contributed by atoms with Crippen molar-refractivity contribution in [1.82, 2.24) is 0 Å².